The van der Waals surface area contributed by atoms with E-state index in [4.69, 9.17) is 41.9 Å². The Balaban J connectivity index is 1.26. The van der Waals surface area contributed by atoms with Crippen LogP contribution in [0.5, 0.6) is 23.0 Å². The molecule has 0 aliphatic carbocycles. The molecule has 6 amide bonds. The van der Waals surface area contributed by atoms with Gasteiger partial charge in [0.15, 0.2) is 0 Å². The van der Waals surface area contributed by atoms with E-state index >= 15 is 0 Å². The number of hydrogen-bond donors (Lipinski definition) is 5. The minimum atomic E-state index is -1.24. The SMILES string of the molecule is NC(=O)Oc1ccc2c3cccc4cccc(c5c(C(=O)NC(=O)c6cc(OC(N)=O)c7c(OC(N)=O)ccc8c9cccc%10cccc(c6c78)c%109)cc(OC(N)=O)c1c25)c43. The molecule has 0 aliphatic heterocycles. The molecule has 0 bridgehead atoms. The van der Waals surface area contributed by atoms with E-state index in [0.29, 0.717) is 43.1 Å². The molecule has 0 unspecified atom stereocenters. The van der Waals surface area contributed by atoms with Gasteiger partial charge in [0.2, 0.25) is 0 Å². The largest absolute Gasteiger partial charge is 0.410 e. The molecule has 10 aromatic rings. The lowest BCUT2D eigenvalue weighted by atomic mass is 9.86. The third kappa shape index (κ3) is 5.52. The number of amides is 6. The third-order valence-corrected chi connectivity index (χ3v) is 10.9. The van der Waals surface area contributed by atoms with Crippen molar-refractivity contribution in [3.05, 3.63) is 120 Å². The molecule has 0 aliphatic rings. The van der Waals surface area contributed by atoms with Crippen molar-refractivity contribution in [1.82, 2.24) is 5.32 Å². The van der Waals surface area contributed by atoms with Crippen LogP contribution >= 0.6 is 0 Å². The van der Waals surface area contributed by atoms with Crippen molar-refractivity contribution >= 4 is 122 Å². The van der Waals surface area contributed by atoms with Crippen LogP contribution in [0.4, 0.5) is 19.2 Å². The summed E-state index contributed by atoms with van der Waals surface area (Å²) in [5, 5.41) is 11.2. The summed E-state index contributed by atoms with van der Waals surface area (Å²) in [6, 6.07) is 31.1. The molecule has 0 spiro atoms. The van der Waals surface area contributed by atoms with Gasteiger partial charge in [0, 0.05) is 21.5 Å². The van der Waals surface area contributed by atoms with Gasteiger partial charge in [0.1, 0.15) is 23.0 Å². The van der Waals surface area contributed by atoms with Gasteiger partial charge in [0.25, 0.3) is 11.8 Å². The summed E-state index contributed by atoms with van der Waals surface area (Å²) in [6.07, 6.45) is -4.79. The molecule has 0 fully saturated rings. The number of ether oxygens (including phenoxy) is 4. The van der Waals surface area contributed by atoms with Crippen molar-refractivity contribution < 1.29 is 47.7 Å². The fraction of sp³-hybridized carbons (Fsp3) is 0. The minimum absolute atomic E-state index is 0.0828. The Hall–Kier alpha value is -8.98. The van der Waals surface area contributed by atoms with Gasteiger partial charge in [0.05, 0.1) is 21.9 Å². The Morgan fingerprint density at radius 3 is 1.03 bits per heavy atom. The summed E-state index contributed by atoms with van der Waals surface area (Å²) < 4.78 is 21.7. The van der Waals surface area contributed by atoms with Crippen LogP contribution < -0.4 is 47.2 Å². The van der Waals surface area contributed by atoms with E-state index in [0.717, 1.165) is 32.3 Å². The summed E-state index contributed by atoms with van der Waals surface area (Å²) >= 11 is 0. The zero-order chi connectivity index (χ0) is 42.4. The molecule has 10 aromatic carbocycles. The van der Waals surface area contributed by atoms with Crippen molar-refractivity contribution in [1.29, 1.82) is 0 Å². The molecule has 0 saturated carbocycles. The number of benzene rings is 10. The Kier molecular flexibility index (Phi) is 7.92. The smallest absolute Gasteiger partial charge is 0.409 e. The molecule has 61 heavy (non-hydrogen) atoms. The second-order valence-corrected chi connectivity index (χ2v) is 14.2. The monoisotopic (exact) mass is 809 g/mol. The number of fused-ring (bicyclic) bond motifs is 4. The number of rotatable bonds is 6. The standard InChI is InChI=1S/C46H27N5O10/c47-43(54)58-29-15-13-23-21-9-1-5-19-7-3-11-25(33(19)21)35-27(17-31(60-45(49)56)39(29)37(23)35)41(52)51-42(53)28-18-32(61-46(50)57)40-30(59-44(48)55)16-14-24-22-10-2-6-20-8-4-12-26(34(20)22)36(28)38(24)40/h1-18H,(H2,47,54)(H2,48,55)(H2,49,56)(H2,50,57)(H,51,52,53). The zero-order valence-electron chi connectivity index (χ0n) is 31.3. The molecule has 0 saturated heterocycles. The first-order chi connectivity index (χ1) is 29.4. The Labute approximate surface area is 340 Å². The van der Waals surface area contributed by atoms with Crippen LogP contribution in [0.3, 0.4) is 0 Å². The first-order valence-corrected chi connectivity index (χ1v) is 18.5. The molecule has 0 atom stereocenters. The van der Waals surface area contributed by atoms with Crippen molar-refractivity contribution in [2.24, 2.45) is 22.9 Å². The highest BCUT2D eigenvalue weighted by Crippen LogP contribution is 2.50. The lowest BCUT2D eigenvalue weighted by molar-refractivity contribution is 0.0850. The van der Waals surface area contributed by atoms with Crippen molar-refractivity contribution in [3.8, 4) is 23.0 Å². The van der Waals surface area contributed by atoms with Gasteiger partial charge in [-0.25, -0.2) is 19.2 Å². The number of carbonyl (C=O) groups is 6. The lowest BCUT2D eigenvalue weighted by Gasteiger charge is -2.21. The van der Waals surface area contributed by atoms with E-state index < -0.39 is 36.2 Å². The average Bonchev–Trinajstić information content (AvgIpc) is 3.21. The summed E-state index contributed by atoms with van der Waals surface area (Å²) in [4.78, 5) is 78.8. The average molecular weight is 810 g/mol. The molecule has 0 radical (unpaired) electrons. The molecular weight excluding hydrogens is 783 g/mol. The Bertz CT molecular complexity index is 3390. The van der Waals surface area contributed by atoms with Crippen molar-refractivity contribution in [3.63, 3.8) is 0 Å². The highest BCUT2D eigenvalue weighted by atomic mass is 16.6. The summed E-state index contributed by atoms with van der Waals surface area (Å²) in [7, 11) is 0. The summed E-state index contributed by atoms with van der Waals surface area (Å²) in [5.41, 5.74) is 21.7. The molecule has 15 heteroatoms. The number of nitrogens with two attached hydrogens (primary N) is 4. The highest BCUT2D eigenvalue weighted by Gasteiger charge is 2.29. The number of carbonyl (C=O) groups excluding carboxylic acids is 6. The normalized spacial score (nSPS) is 11.6. The molecule has 9 N–H and O–H groups in total. The van der Waals surface area contributed by atoms with Gasteiger partial charge in [-0.1, -0.05) is 72.8 Å². The predicted molar refractivity (Wildman–Crippen MR) is 228 cm³/mol. The van der Waals surface area contributed by atoms with Crippen molar-refractivity contribution in [2.45, 2.75) is 0 Å². The van der Waals surface area contributed by atoms with Crippen LogP contribution in [-0.2, 0) is 0 Å². The number of nitrogens with one attached hydrogen (secondary N) is 1. The van der Waals surface area contributed by atoms with Gasteiger partial charge >= 0.3 is 24.4 Å². The van der Waals surface area contributed by atoms with E-state index in [1.165, 1.54) is 24.3 Å². The molecule has 15 nitrogen and oxygen atoms in total. The van der Waals surface area contributed by atoms with Gasteiger partial charge < -0.3 is 41.9 Å². The van der Waals surface area contributed by atoms with Gasteiger partial charge in [-0.05, 0) is 90.3 Å². The van der Waals surface area contributed by atoms with Crippen LogP contribution in [0.15, 0.2) is 109 Å². The maximum Gasteiger partial charge on any atom is 0.409 e. The molecular formula is C46H27N5O10. The van der Waals surface area contributed by atoms with Gasteiger partial charge in [-0.15, -0.1) is 0 Å². The number of imide groups is 1. The maximum atomic E-state index is 14.9. The van der Waals surface area contributed by atoms with Crippen LogP contribution in [0, 0.1) is 0 Å². The first kappa shape index (κ1) is 36.4. The molecule has 0 heterocycles. The van der Waals surface area contributed by atoms with E-state index in [1.54, 1.807) is 36.4 Å². The zero-order valence-corrected chi connectivity index (χ0v) is 31.3. The summed E-state index contributed by atoms with van der Waals surface area (Å²) in [5.74, 6) is -2.57. The second kappa shape index (κ2) is 13.3. The predicted octanol–water partition coefficient (Wildman–Crippen LogP) is 8.19. The third-order valence-electron chi connectivity index (χ3n) is 10.9. The Morgan fingerprint density at radius 2 is 0.672 bits per heavy atom. The topological polar surface area (TPSA) is 255 Å². The fourth-order valence-electron chi connectivity index (χ4n) is 8.91. The fourth-order valence-corrected chi connectivity index (χ4v) is 8.91. The second-order valence-electron chi connectivity index (χ2n) is 14.2. The maximum absolute atomic E-state index is 14.9. The van der Waals surface area contributed by atoms with Crippen LogP contribution in [0.1, 0.15) is 20.7 Å². The molecule has 10 rings (SSSR count). The lowest BCUT2D eigenvalue weighted by Crippen LogP contribution is -2.31. The van der Waals surface area contributed by atoms with Crippen molar-refractivity contribution in [2.75, 3.05) is 0 Å². The quantitative estimate of drug-likeness (QED) is 0.0611. The van der Waals surface area contributed by atoms with Crippen LogP contribution in [0.25, 0.3) is 86.2 Å². The minimum Gasteiger partial charge on any atom is -0.410 e. The highest BCUT2D eigenvalue weighted by molar-refractivity contribution is 6.40. The number of hydrogen-bond acceptors (Lipinski definition) is 10. The van der Waals surface area contributed by atoms with E-state index in [2.05, 4.69) is 5.32 Å². The van der Waals surface area contributed by atoms with Gasteiger partial charge in [-0.3, -0.25) is 14.9 Å². The van der Waals surface area contributed by atoms with E-state index in [1.807, 2.05) is 48.5 Å². The number of primary amides is 4. The first-order valence-electron chi connectivity index (χ1n) is 18.5. The van der Waals surface area contributed by atoms with E-state index in [-0.39, 0.29) is 44.9 Å². The summed E-state index contributed by atoms with van der Waals surface area (Å²) in [6.45, 7) is 0. The van der Waals surface area contributed by atoms with Crippen LogP contribution in [0.2, 0.25) is 0 Å². The van der Waals surface area contributed by atoms with Crippen LogP contribution in [-0.4, -0.2) is 36.2 Å². The molecule has 296 valence electrons. The van der Waals surface area contributed by atoms with Gasteiger partial charge in [-0.2, -0.15) is 0 Å². The Morgan fingerprint density at radius 1 is 0.344 bits per heavy atom. The molecule has 0 aromatic heterocycles. The van der Waals surface area contributed by atoms with E-state index in [9.17, 15) is 28.8 Å².